The Morgan fingerprint density at radius 3 is 2.61 bits per heavy atom. The summed E-state index contributed by atoms with van der Waals surface area (Å²) < 4.78 is 1.72. The molecule has 0 saturated carbocycles. The largest absolute Gasteiger partial charge is 0.478 e. The summed E-state index contributed by atoms with van der Waals surface area (Å²) in [5.41, 5.74) is 6.95. The highest BCUT2D eigenvalue weighted by atomic mass is 35.5. The van der Waals surface area contributed by atoms with E-state index >= 15 is 0 Å². The zero-order valence-electron chi connectivity index (χ0n) is 19.7. The first-order valence-corrected chi connectivity index (χ1v) is 11.8. The van der Waals surface area contributed by atoms with Gasteiger partial charge in [-0.3, -0.25) is 4.40 Å². The molecule has 0 aliphatic rings. The maximum Gasteiger partial charge on any atom is 0.335 e. The summed E-state index contributed by atoms with van der Waals surface area (Å²) in [6, 6.07) is 11.2. The van der Waals surface area contributed by atoms with Gasteiger partial charge < -0.3 is 5.11 Å². The monoisotopic (exact) mass is 462 g/mol. The van der Waals surface area contributed by atoms with Gasteiger partial charge >= 0.3 is 5.97 Å². The molecule has 0 bridgehead atoms. The van der Waals surface area contributed by atoms with Crippen molar-refractivity contribution in [2.75, 3.05) is 0 Å². The SMILES string of the molecule is CC\C=C(C)/C(=C\C=C(/C)CCCC)c1ccccc1-c1nc2cc(C(=O)O)ccn2c1Cl. The van der Waals surface area contributed by atoms with Gasteiger partial charge in [0.2, 0.25) is 0 Å². The minimum atomic E-state index is -0.991. The summed E-state index contributed by atoms with van der Waals surface area (Å²) in [7, 11) is 0. The predicted molar refractivity (Wildman–Crippen MR) is 138 cm³/mol. The number of hydrogen-bond acceptors (Lipinski definition) is 2. The third kappa shape index (κ3) is 5.63. The summed E-state index contributed by atoms with van der Waals surface area (Å²) >= 11 is 6.73. The summed E-state index contributed by atoms with van der Waals surface area (Å²) in [5.74, 6) is -0.991. The van der Waals surface area contributed by atoms with E-state index in [0.29, 0.717) is 16.5 Å². The van der Waals surface area contributed by atoms with E-state index in [0.717, 1.165) is 29.5 Å². The maximum atomic E-state index is 11.4. The van der Waals surface area contributed by atoms with Crippen LogP contribution in [0.4, 0.5) is 0 Å². The molecule has 5 heteroatoms. The van der Waals surface area contributed by atoms with Gasteiger partial charge in [0.05, 0.1) is 5.56 Å². The van der Waals surface area contributed by atoms with Crippen molar-refractivity contribution in [1.82, 2.24) is 9.38 Å². The number of fused-ring (bicyclic) bond motifs is 1. The molecule has 3 rings (SSSR count). The average molecular weight is 463 g/mol. The highest BCUT2D eigenvalue weighted by molar-refractivity contribution is 6.32. The molecule has 0 unspecified atom stereocenters. The van der Waals surface area contributed by atoms with Gasteiger partial charge in [-0.15, -0.1) is 0 Å². The van der Waals surface area contributed by atoms with Crippen molar-refractivity contribution >= 4 is 28.8 Å². The molecule has 2 heterocycles. The first-order valence-electron chi connectivity index (χ1n) is 11.4. The summed E-state index contributed by atoms with van der Waals surface area (Å²) in [4.78, 5) is 16.1. The number of aromatic nitrogens is 2. The van der Waals surface area contributed by atoms with Gasteiger partial charge in [0.15, 0.2) is 0 Å². The normalized spacial score (nSPS) is 13.1. The number of halogens is 1. The minimum Gasteiger partial charge on any atom is -0.478 e. The van der Waals surface area contributed by atoms with Crippen LogP contribution in [0.15, 0.2) is 72.0 Å². The van der Waals surface area contributed by atoms with Gasteiger partial charge in [-0.2, -0.15) is 0 Å². The van der Waals surface area contributed by atoms with E-state index in [-0.39, 0.29) is 5.56 Å². The molecule has 1 N–H and O–H groups in total. The Bertz CT molecular complexity index is 1250. The van der Waals surface area contributed by atoms with Crippen molar-refractivity contribution in [3.8, 4) is 11.3 Å². The van der Waals surface area contributed by atoms with Crippen molar-refractivity contribution < 1.29 is 9.90 Å². The number of nitrogens with zero attached hydrogens (tertiary/aromatic N) is 2. The number of hydrogen-bond donors (Lipinski definition) is 1. The van der Waals surface area contributed by atoms with E-state index in [4.69, 9.17) is 16.6 Å². The van der Waals surface area contributed by atoms with Gasteiger partial charge in [-0.05, 0) is 62.0 Å². The van der Waals surface area contributed by atoms with Crippen LogP contribution < -0.4 is 0 Å². The smallest absolute Gasteiger partial charge is 0.335 e. The van der Waals surface area contributed by atoms with Crippen LogP contribution in [0.2, 0.25) is 5.15 Å². The Labute approximate surface area is 200 Å². The number of imidazole rings is 1. The lowest BCUT2D eigenvalue weighted by Crippen LogP contribution is -1.97. The summed E-state index contributed by atoms with van der Waals surface area (Å²) in [6.07, 6.45) is 12.7. The third-order valence-corrected chi connectivity index (χ3v) is 6.04. The Morgan fingerprint density at radius 2 is 1.91 bits per heavy atom. The van der Waals surface area contributed by atoms with Crippen LogP contribution in [-0.2, 0) is 0 Å². The fraction of sp³-hybridized carbons (Fsp3) is 0.286. The summed E-state index contributed by atoms with van der Waals surface area (Å²) in [6.45, 7) is 8.64. The molecule has 0 fully saturated rings. The molecule has 0 radical (unpaired) electrons. The Kier molecular flexibility index (Phi) is 8.29. The molecule has 33 heavy (non-hydrogen) atoms. The fourth-order valence-corrected chi connectivity index (χ4v) is 4.15. The van der Waals surface area contributed by atoms with Crippen molar-refractivity contribution in [2.24, 2.45) is 0 Å². The molecule has 0 saturated heterocycles. The van der Waals surface area contributed by atoms with Crippen LogP contribution in [0, 0.1) is 0 Å². The minimum absolute atomic E-state index is 0.180. The van der Waals surface area contributed by atoms with E-state index in [9.17, 15) is 9.90 Å². The Hall–Kier alpha value is -3.11. The van der Waals surface area contributed by atoms with Crippen LogP contribution in [0.1, 0.15) is 69.3 Å². The first kappa shape index (κ1) is 24.5. The van der Waals surface area contributed by atoms with Gasteiger partial charge in [-0.1, -0.05) is 79.9 Å². The lowest BCUT2D eigenvalue weighted by Gasteiger charge is -2.13. The fourth-order valence-electron chi connectivity index (χ4n) is 3.86. The first-order chi connectivity index (χ1) is 15.9. The predicted octanol–water partition coefficient (Wildman–Crippen LogP) is 8.23. The molecule has 1 aromatic carbocycles. The number of carboxylic acid groups (broad SMARTS) is 1. The van der Waals surface area contributed by atoms with Gasteiger partial charge in [0, 0.05) is 11.8 Å². The third-order valence-electron chi connectivity index (χ3n) is 5.68. The Morgan fingerprint density at radius 1 is 1.15 bits per heavy atom. The zero-order valence-corrected chi connectivity index (χ0v) is 20.5. The van der Waals surface area contributed by atoms with Crippen LogP contribution in [0.3, 0.4) is 0 Å². The number of carboxylic acids is 1. The van der Waals surface area contributed by atoms with E-state index in [1.807, 2.05) is 18.2 Å². The number of unbranched alkanes of at least 4 members (excludes halogenated alkanes) is 1. The topological polar surface area (TPSA) is 54.6 Å². The molecule has 0 amide bonds. The van der Waals surface area contributed by atoms with Crippen LogP contribution >= 0.6 is 11.6 Å². The molecule has 0 aliphatic heterocycles. The van der Waals surface area contributed by atoms with E-state index in [1.165, 1.54) is 30.1 Å². The van der Waals surface area contributed by atoms with Gasteiger partial charge in [-0.25, -0.2) is 9.78 Å². The average Bonchev–Trinajstić information content (AvgIpc) is 3.14. The van der Waals surface area contributed by atoms with Gasteiger partial charge in [0.1, 0.15) is 16.5 Å². The van der Waals surface area contributed by atoms with E-state index in [1.54, 1.807) is 16.7 Å². The Balaban J connectivity index is 2.18. The second kappa shape index (κ2) is 11.2. The van der Waals surface area contributed by atoms with Crippen molar-refractivity contribution in [2.45, 2.75) is 53.4 Å². The number of pyridine rings is 1. The maximum absolute atomic E-state index is 11.4. The number of allylic oxidation sites excluding steroid dienone is 6. The molecule has 2 aromatic heterocycles. The molecule has 0 atom stereocenters. The molecule has 3 aromatic rings. The highest BCUT2D eigenvalue weighted by Gasteiger charge is 2.18. The lowest BCUT2D eigenvalue weighted by atomic mass is 9.92. The summed E-state index contributed by atoms with van der Waals surface area (Å²) in [5, 5.41) is 9.79. The molecular weight excluding hydrogens is 432 g/mol. The second-order valence-corrected chi connectivity index (χ2v) is 8.60. The van der Waals surface area contributed by atoms with E-state index < -0.39 is 5.97 Å². The number of aromatic carboxylic acids is 1. The number of rotatable bonds is 9. The molecule has 0 aliphatic carbocycles. The second-order valence-electron chi connectivity index (χ2n) is 8.24. The zero-order chi connectivity index (χ0) is 24.0. The van der Waals surface area contributed by atoms with Crippen molar-refractivity contribution in [3.63, 3.8) is 0 Å². The van der Waals surface area contributed by atoms with Crippen molar-refractivity contribution in [3.05, 3.63) is 88.2 Å². The standard InChI is InChI=1S/C28H31ClN2O2/c1-5-7-11-19(3)14-15-22(20(4)10-6-2)23-12-8-9-13-24(23)26-27(29)31-17-16-21(28(32)33)18-25(31)30-26/h8-10,12-18H,5-7,11H2,1-4H3,(H,32,33)/b19-14+,20-10-,22-15+. The van der Waals surface area contributed by atoms with Crippen LogP contribution in [0.25, 0.3) is 22.5 Å². The molecular formula is C28H31ClN2O2. The van der Waals surface area contributed by atoms with Gasteiger partial charge in [0.25, 0.3) is 0 Å². The van der Waals surface area contributed by atoms with Crippen LogP contribution in [0.5, 0.6) is 0 Å². The van der Waals surface area contributed by atoms with Crippen LogP contribution in [-0.4, -0.2) is 20.5 Å². The van der Waals surface area contributed by atoms with E-state index in [2.05, 4.69) is 52.0 Å². The number of carbonyl (C=O) groups is 1. The molecule has 4 nitrogen and oxygen atoms in total. The lowest BCUT2D eigenvalue weighted by molar-refractivity contribution is 0.0697. The quantitative estimate of drug-likeness (QED) is 0.326. The molecule has 172 valence electrons. The highest BCUT2D eigenvalue weighted by Crippen LogP contribution is 2.36. The number of benzene rings is 1. The van der Waals surface area contributed by atoms with Crippen molar-refractivity contribution in [1.29, 1.82) is 0 Å². The molecule has 0 spiro atoms.